The van der Waals surface area contributed by atoms with E-state index in [4.69, 9.17) is 9.47 Å². The molecule has 26 heavy (non-hydrogen) atoms. The van der Waals surface area contributed by atoms with Crippen molar-refractivity contribution in [1.82, 2.24) is 10.2 Å². The third kappa shape index (κ3) is 5.51. The molecule has 6 heteroatoms. The van der Waals surface area contributed by atoms with Crippen LogP contribution in [0.25, 0.3) is 0 Å². The molecule has 0 fully saturated rings. The van der Waals surface area contributed by atoms with Gasteiger partial charge in [0.25, 0.3) is 0 Å². The molecular formula is C20H24N2O4. The summed E-state index contributed by atoms with van der Waals surface area (Å²) in [6.07, 6.45) is 0. The Kier molecular flexibility index (Phi) is 7.02. The van der Waals surface area contributed by atoms with Gasteiger partial charge in [-0.25, -0.2) is 0 Å². The molecule has 0 atom stereocenters. The molecule has 0 saturated heterocycles. The van der Waals surface area contributed by atoms with Gasteiger partial charge in [0, 0.05) is 20.0 Å². The van der Waals surface area contributed by atoms with Gasteiger partial charge in [-0.05, 0) is 23.3 Å². The first-order valence-corrected chi connectivity index (χ1v) is 8.30. The number of carbonyl (C=O) groups excluding carboxylic acids is 2. The van der Waals surface area contributed by atoms with Crippen molar-refractivity contribution in [3.05, 3.63) is 59.7 Å². The number of methoxy groups -OCH3 is 2. The Morgan fingerprint density at radius 2 is 1.65 bits per heavy atom. The summed E-state index contributed by atoms with van der Waals surface area (Å²) >= 11 is 0. The molecule has 1 N–H and O–H groups in total. The van der Waals surface area contributed by atoms with E-state index in [-0.39, 0.29) is 18.4 Å². The fourth-order valence-electron chi connectivity index (χ4n) is 2.50. The predicted molar refractivity (Wildman–Crippen MR) is 98.9 cm³/mol. The van der Waals surface area contributed by atoms with Gasteiger partial charge in [-0.1, -0.05) is 36.4 Å². The smallest absolute Gasteiger partial charge is 0.239 e. The third-order valence-electron chi connectivity index (χ3n) is 3.93. The molecule has 2 aromatic carbocycles. The zero-order valence-corrected chi connectivity index (χ0v) is 15.3. The van der Waals surface area contributed by atoms with Crippen LogP contribution in [0.2, 0.25) is 0 Å². The molecule has 2 rings (SSSR count). The number of rotatable bonds is 8. The highest BCUT2D eigenvalue weighted by Gasteiger charge is 2.15. The summed E-state index contributed by atoms with van der Waals surface area (Å²) in [6, 6.07) is 15.1. The molecule has 0 aliphatic heterocycles. The van der Waals surface area contributed by atoms with Crippen LogP contribution in [0.3, 0.4) is 0 Å². The van der Waals surface area contributed by atoms with Crippen LogP contribution in [0.15, 0.2) is 48.5 Å². The lowest BCUT2D eigenvalue weighted by atomic mass is 10.2. The van der Waals surface area contributed by atoms with Crippen LogP contribution < -0.4 is 14.8 Å². The SMILES string of the molecule is COc1ccc(CN(CC(=O)NCc2ccccc2)C(C)=O)cc1OC. The second-order valence-electron chi connectivity index (χ2n) is 5.83. The standard InChI is InChI=1S/C20H24N2O4/c1-15(23)22(13-17-9-10-18(25-2)19(11-17)26-3)14-20(24)21-12-16-7-5-4-6-8-16/h4-11H,12-14H2,1-3H3,(H,21,24). The van der Waals surface area contributed by atoms with Crippen LogP contribution in [0.4, 0.5) is 0 Å². The highest BCUT2D eigenvalue weighted by molar-refractivity contribution is 5.83. The summed E-state index contributed by atoms with van der Waals surface area (Å²) in [4.78, 5) is 25.6. The van der Waals surface area contributed by atoms with Gasteiger partial charge in [0.2, 0.25) is 11.8 Å². The summed E-state index contributed by atoms with van der Waals surface area (Å²) in [6.45, 7) is 2.19. The summed E-state index contributed by atoms with van der Waals surface area (Å²) in [7, 11) is 3.12. The predicted octanol–water partition coefficient (Wildman–Crippen LogP) is 2.37. The van der Waals surface area contributed by atoms with E-state index in [1.807, 2.05) is 36.4 Å². The van der Waals surface area contributed by atoms with Gasteiger partial charge in [0.15, 0.2) is 11.5 Å². The van der Waals surface area contributed by atoms with E-state index in [0.29, 0.717) is 24.6 Å². The van der Waals surface area contributed by atoms with Gasteiger partial charge in [0.1, 0.15) is 0 Å². The Morgan fingerprint density at radius 3 is 2.27 bits per heavy atom. The monoisotopic (exact) mass is 356 g/mol. The van der Waals surface area contributed by atoms with Gasteiger partial charge < -0.3 is 19.7 Å². The number of amides is 2. The second-order valence-corrected chi connectivity index (χ2v) is 5.83. The summed E-state index contributed by atoms with van der Waals surface area (Å²) in [5.41, 5.74) is 1.86. The molecule has 2 aromatic rings. The van der Waals surface area contributed by atoms with Crippen molar-refractivity contribution in [3.63, 3.8) is 0 Å². The number of nitrogens with one attached hydrogen (secondary N) is 1. The van der Waals surface area contributed by atoms with Crippen molar-refractivity contribution in [1.29, 1.82) is 0 Å². The highest BCUT2D eigenvalue weighted by atomic mass is 16.5. The van der Waals surface area contributed by atoms with E-state index in [2.05, 4.69) is 5.32 Å². The molecule has 0 aromatic heterocycles. The van der Waals surface area contributed by atoms with Crippen molar-refractivity contribution >= 4 is 11.8 Å². The minimum Gasteiger partial charge on any atom is -0.493 e. The van der Waals surface area contributed by atoms with Gasteiger partial charge in [-0.3, -0.25) is 9.59 Å². The maximum absolute atomic E-state index is 12.2. The van der Waals surface area contributed by atoms with E-state index in [9.17, 15) is 9.59 Å². The number of nitrogens with zero attached hydrogens (tertiary/aromatic N) is 1. The maximum atomic E-state index is 12.2. The fraction of sp³-hybridized carbons (Fsp3) is 0.300. The van der Waals surface area contributed by atoms with Crippen molar-refractivity contribution in [2.75, 3.05) is 20.8 Å². The minimum atomic E-state index is -0.204. The first kappa shape index (κ1) is 19.3. The first-order valence-electron chi connectivity index (χ1n) is 8.30. The van der Waals surface area contributed by atoms with Crippen LogP contribution in [0.1, 0.15) is 18.1 Å². The van der Waals surface area contributed by atoms with Crippen molar-refractivity contribution < 1.29 is 19.1 Å². The zero-order valence-electron chi connectivity index (χ0n) is 15.3. The van der Waals surface area contributed by atoms with Crippen molar-refractivity contribution in [2.45, 2.75) is 20.0 Å². The average molecular weight is 356 g/mol. The van der Waals surface area contributed by atoms with Gasteiger partial charge in [0.05, 0.1) is 20.8 Å². The second kappa shape index (κ2) is 9.46. The molecule has 0 bridgehead atoms. The van der Waals surface area contributed by atoms with Crippen LogP contribution in [-0.4, -0.2) is 37.5 Å². The molecule has 0 unspecified atom stereocenters. The minimum absolute atomic E-state index is 0.00346. The Morgan fingerprint density at radius 1 is 0.962 bits per heavy atom. The normalized spacial score (nSPS) is 10.1. The molecular weight excluding hydrogens is 332 g/mol. The molecule has 0 spiro atoms. The van der Waals surface area contributed by atoms with Gasteiger partial charge >= 0.3 is 0 Å². The van der Waals surface area contributed by atoms with E-state index in [1.54, 1.807) is 26.4 Å². The summed E-state index contributed by atoms with van der Waals surface area (Å²) in [5, 5.41) is 2.83. The first-order chi connectivity index (χ1) is 12.5. The van der Waals surface area contributed by atoms with E-state index in [0.717, 1.165) is 11.1 Å². The molecule has 138 valence electrons. The van der Waals surface area contributed by atoms with Crippen LogP contribution in [-0.2, 0) is 22.7 Å². The lowest BCUT2D eigenvalue weighted by Crippen LogP contribution is -2.39. The average Bonchev–Trinajstić information content (AvgIpc) is 2.66. The number of hydrogen-bond donors (Lipinski definition) is 1. The molecule has 2 amide bonds. The van der Waals surface area contributed by atoms with Gasteiger partial charge in [-0.2, -0.15) is 0 Å². The number of carbonyl (C=O) groups is 2. The topological polar surface area (TPSA) is 67.9 Å². The Balaban J connectivity index is 1.98. The fourth-order valence-corrected chi connectivity index (χ4v) is 2.50. The molecule has 6 nitrogen and oxygen atoms in total. The van der Waals surface area contributed by atoms with Crippen molar-refractivity contribution in [2.24, 2.45) is 0 Å². The third-order valence-corrected chi connectivity index (χ3v) is 3.93. The zero-order chi connectivity index (χ0) is 18.9. The van der Waals surface area contributed by atoms with Crippen LogP contribution in [0, 0.1) is 0 Å². The van der Waals surface area contributed by atoms with E-state index >= 15 is 0 Å². The Bertz CT molecular complexity index is 747. The van der Waals surface area contributed by atoms with Crippen LogP contribution in [0.5, 0.6) is 11.5 Å². The summed E-state index contributed by atoms with van der Waals surface area (Å²) in [5.74, 6) is 0.826. The molecule has 0 aliphatic rings. The van der Waals surface area contributed by atoms with Crippen molar-refractivity contribution in [3.8, 4) is 11.5 Å². The number of benzene rings is 2. The van der Waals surface area contributed by atoms with E-state index < -0.39 is 0 Å². The number of ether oxygens (including phenoxy) is 2. The number of hydrogen-bond acceptors (Lipinski definition) is 4. The maximum Gasteiger partial charge on any atom is 0.239 e. The summed E-state index contributed by atoms with van der Waals surface area (Å²) < 4.78 is 10.5. The van der Waals surface area contributed by atoms with Gasteiger partial charge in [-0.15, -0.1) is 0 Å². The Hall–Kier alpha value is -3.02. The largest absolute Gasteiger partial charge is 0.493 e. The highest BCUT2D eigenvalue weighted by Crippen LogP contribution is 2.28. The lowest BCUT2D eigenvalue weighted by molar-refractivity contribution is -0.135. The van der Waals surface area contributed by atoms with E-state index in [1.165, 1.54) is 11.8 Å². The molecule has 0 saturated carbocycles. The van der Waals surface area contributed by atoms with Crippen LogP contribution >= 0.6 is 0 Å². The lowest BCUT2D eigenvalue weighted by Gasteiger charge is -2.21. The quantitative estimate of drug-likeness (QED) is 0.788. The molecule has 0 heterocycles. The Labute approximate surface area is 153 Å². The molecule has 0 radical (unpaired) electrons. The molecule has 0 aliphatic carbocycles.